The summed E-state index contributed by atoms with van der Waals surface area (Å²) in [5.74, 6) is -0.764. The third-order valence-electron chi connectivity index (χ3n) is 3.28. The lowest BCUT2D eigenvalue weighted by atomic mass is 9.90. The van der Waals surface area contributed by atoms with E-state index in [9.17, 15) is 15.0 Å². The minimum absolute atomic E-state index is 0.692. The number of rotatable bonds is 3. The molecule has 0 heterocycles. The first-order valence-corrected chi connectivity index (χ1v) is 5.43. The molecule has 0 bridgehead atoms. The highest BCUT2D eigenvalue weighted by Gasteiger charge is 2.51. The Bertz CT molecular complexity index is 425. The number of carboxylic acid groups (broad SMARTS) is 1. The molecule has 0 spiro atoms. The quantitative estimate of drug-likeness (QED) is 0.819. The Labute approximate surface area is 94.7 Å². The SMILES string of the molecule is CC(C)(O)c1cccc(C2(C(=O)O)CC2)c1. The van der Waals surface area contributed by atoms with Crippen LogP contribution in [0.3, 0.4) is 0 Å². The molecule has 2 rings (SSSR count). The fourth-order valence-corrected chi connectivity index (χ4v) is 1.95. The summed E-state index contributed by atoms with van der Waals surface area (Å²) < 4.78 is 0. The van der Waals surface area contributed by atoms with Gasteiger partial charge in [0, 0.05) is 0 Å². The van der Waals surface area contributed by atoms with Crippen molar-refractivity contribution >= 4 is 5.97 Å². The molecule has 1 aliphatic rings. The van der Waals surface area contributed by atoms with E-state index < -0.39 is 17.0 Å². The molecule has 0 radical (unpaired) electrons. The first-order chi connectivity index (χ1) is 7.36. The number of benzene rings is 1. The fraction of sp³-hybridized carbons (Fsp3) is 0.462. The normalized spacial score (nSPS) is 18.2. The minimum atomic E-state index is -0.926. The Morgan fingerprint density at radius 1 is 1.38 bits per heavy atom. The average molecular weight is 220 g/mol. The van der Waals surface area contributed by atoms with E-state index in [1.54, 1.807) is 19.9 Å². The maximum absolute atomic E-state index is 11.2. The van der Waals surface area contributed by atoms with Crippen LogP contribution in [0.5, 0.6) is 0 Å². The molecular formula is C13H16O3. The van der Waals surface area contributed by atoms with Crippen molar-refractivity contribution in [3.05, 3.63) is 35.4 Å². The van der Waals surface area contributed by atoms with Gasteiger partial charge in [0.2, 0.25) is 0 Å². The summed E-state index contributed by atoms with van der Waals surface area (Å²) in [6.07, 6.45) is 1.38. The largest absolute Gasteiger partial charge is 0.481 e. The van der Waals surface area contributed by atoms with Gasteiger partial charge in [0.25, 0.3) is 0 Å². The molecule has 0 amide bonds. The maximum Gasteiger partial charge on any atom is 0.314 e. The Morgan fingerprint density at radius 2 is 2.00 bits per heavy atom. The number of hydrogen-bond donors (Lipinski definition) is 2. The predicted molar refractivity (Wildman–Crippen MR) is 60.2 cm³/mol. The molecule has 3 heteroatoms. The first kappa shape index (κ1) is 11.1. The maximum atomic E-state index is 11.2. The molecule has 3 nitrogen and oxygen atoms in total. The molecule has 1 aromatic rings. The number of carbonyl (C=O) groups is 1. The van der Waals surface area contributed by atoms with Gasteiger partial charge in [0.05, 0.1) is 11.0 Å². The highest BCUT2D eigenvalue weighted by Crippen LogP contribution is 2.48. The summed E-state index contributed by atoms with van der Waals surface area (Å²) in [4.78, 5) is 11.2. The molecule has 1 saturated carbocycles. The monoisotopic (exact) mass is 220 g/mol. The van der Waals surface area contributed by atoms with Gasteiger partial charge in [0.15, 0.2) is 0 Å². The van der Waals surface area contributed by atoms with Gasteiger partial charge in [0.1, 0.15) is 0 Å². The molecule has 1 aromatic carbocycles. The Balaban J connectivity index is 2.41. The van der Waals surface area contributed by atoms with Crippen molar-refractivity contribution in [3.8, 4) is 0 Å². The van der Waals surface area contributed by atoms with Crippen LogP contribution in [-0.2, 0) is 15.8 Å². The lowest BCUT2D eigenvalue weighted by Crippen LogP contribution is -2.21. The molecule has 0 saturated heterocycles. The van der Waals surface area contributed by atoms with Crippen molar-refractivity contribution in [2.24, 2.45) is 0 Å². The van der Waals surface area contributed by atoms with Gasteiger partial charge in [-0.15, -0.1) is 0 Å². The van der Waals surface area contributed by atoms with E-state index >= 15 is 0 Å². The van der Waals surface area contributed by atoms with Crippen molar-refractivity contribution in [2.45, 2.75) is 37.7 Å². The smallest absolute Gasteiger partial charge is 0.314 e. The van der Waals surface area contributed by atoms with E-state index in [1.807, 2.05) is 18.2 Å². The molecule has 1 fully saturated rings. The molecule has 2 N–H and O–H groups in total. The zero-order valence-corrected chi connectivity index (χ0v) is 9.53. The lowest BCUT2D eigenvalue weighted by Gasteiger charge is -2.20. The first-order valence-electron chi connectivity index (χ1n) is 5.43. The third-order valence-corrected chi connectivity index (χ3v) is 3.28. The van der Waals surface area contributed by atoms with Crippen LogP contribution in [-0.4, -0.2) is 16.2 Å². The van der Waals surface area contributed by atoms with Gasteiger partial charge in [-0.2, -0.15) is 0 Å². The highest BCUT2D eigenvalue weighted by molar-refractivity contribution is 5.84. The molecule has 86 valence electrons. The average Bonchev–Trinajstić information content (AvgIpc) is 2.97. The predicted octanol–water partition coefficient (Wildman–Crippen LogP) is 2.03. The van der Waals surface area contributed by atoms with E-state index in [0.29, 0.717) is 12.8 Å². The third kappa shape index (κ3) is 1.71. The summed E-state index contributed by atoms with van der Waals surface area (Å²) in [6, 6.07) is 7.27. The topological polar surface area (TPSA) is 57.5 Å². The van der Waals surface area contributed by atoms with Gasteiger partial charge in [-0.25, -0.2) is 0 Å². The van der Waals surface area contributed by atoms with Crippen molar-refractivity contribution in [3.63, 3.8) is 0 Å². The molecule has 16 heavy (non-hydrogen) atoms. The van der Waals surface area contributed by atoms with Crippen LogP contribution in [0.1, 0.15) is 37.8 Å². The second kappa shape index (κ2) is 3.32. The minimum Gasteiger partial charge on any atom is -0.481 e. The van der Waals surface area contributed by atoms with E-state index in [1.165, 1.54) is 0 Å². The van der Waals surface area contributed by atoms with Crippen molar-refractivity contribution in [1.29, 1.82) is 0 Å². The number of carboxylic acids is 1. The second-order valence-electron chi connectivity index (χ2n) is 5.03. The molecule has 0 atom stereocenters. The number of aliphatic hydroxyl groups is 1. The standard InChI is InChI=1S/C13H16O3/c1-12(2,16)9-4-3-5-10(8-9)13(6-7-13)11(14)15/h3-5,8,16H,6-7H2,1-2H3,(H,14,15). The van der Waals surface area contributed by atoms with E-state index in [-0.39, 0.29) is 0 Å². The molecule has 0 unspecified atom stereocenters. The van der Waals surface area contributed by atoms with Gasteiger partial charge in [-0.3, -0.25) is 4.79 Å². The molecule has 0 aromatic heterocycles. The van der Waals surface area contributed by atoms with Crippen LogP contribution in [0.4, 0.5) is 0 Å². The Morgan fingerprint density at radius 3 is 2.44 bits per heavy atom. The zero-order valence-electron chi connectivity index (χ0n) is 9.53. The van der Waals surface area contributed by atoms with Crippen LogP contribution in [0, 0.1) is 0 Å². The second-order valence-corrected chi connectivity index (χ2v) is 5.03. The summed E-state index contributed by atoms with van der Waals surface area (Å²) in [5, 5.41) is 19.1. The van der Waals surface area contributed by atoms with Gasteiger partial charge >= 0.3 is 5.97 Å². The lowest BCUT2D eigenvalue weighted by molar-refractivity contribution is -0.140. The molecular weight excluding hydrogens is 204 g/mol. The Hall–Kier alpha value is -1.35. The molecule has 1 aliphatic carbocycles. The van der Waals surface area contributed by atoms with Gasteiger partial charge in [-0.05, 0) is 37.8 Å². The van der Waals surface area contributed by atoms with Crippen molar-refractivity contribution < 1.29 is 15.0 Å². The van der Waals surface area contributed by atoms with Crippen LogP contribution in [0.25, 0.3) is 0 Å². The van der Waals surface area contributed by atoms with Crippen LogP contribution >= 0.6 is 0 Å². The van der Waals surface area contributed by atoms with Gasteiger partial charge < -0.3 is 10.2 Å². The van der Waals surface area contributed by atoms with E-state index in [2.05, 4.69) is 0 Å². The summed E-state index contributed by atoms with van der Waals surface area (Å²) in [6.45, 7) is 3.40. The van der Waals surface area contributed by atoms with Crippen LogP contribution < -0.4 is 0 Å². The number of aliphatic carboxylic acids is 1. The van der Waals surface area contributed by atoms with Crippen LogP contribution in [0.15, 0.2) is 24.3 Å². The zero-order chi connectivity index (χ0) is 12.0. The van der Waals surface area contributed by atoms with Crippen LogP contribution in [0.2, 0.25) is 0 Å². The van der Waals surface area contributed by atoms with Crippen molar-refractivity contribution in [1.82, 2.24) is 0 Å². The summed E-state index contributed by atoms with van der Waals surface area (Å²) in [7, 11) is 0. The summed E-state index contributed by atoms with van der Waals surface area (Å²) >= 11 is 0. The summed E-state index contributed by atoms with van der Waals surface area (Å²) in [5.41, 5.74) is -0.0524. The molecule has 0 aliphatic heterocycles. The van der Waals surface area contributed by atoms with Crippen molar-refractivity contribution in [2.75, 3.05) is 0 Å². The fourth-order valence-electron chi connectivity index (χ4n) is 1.95. The number of hydrogen-bond acceptors (Lipinski definition) is 2. The van der Waals surface area contributed by atoms with E-state index in [4.69, 9.17) is 0 Å². The highest BCUT2D eigenvalue weighted by atomic mass is 16.4. The van der Waals surface area contributed by atoms with Gasteiger partial charge in [-0.1, -0.05) is 24.3 Å². The van der Waals surface area contributed by atoms with E-state index in [0.717, 1.165) is 11.1 Å². The Kier molecular flexibility index (Phi) is 2.31.